The second-order valence-corrected chi connectivity index (χ2v) is 5.86. The van der Waals surface area contributed by atoms with E-state index in [0.29, 0.717) is 5.41 Å². The molecule has 2 atom stereocenters. The van der Waals surface area contributed by atoms with E-state index in [4.69, 9.17) is 4.74 Å². The van der Waals surface area contributed by atoms with Crippen LogP contribution >= 0.6 is 0 Å². The van der Waals surface area contributed by atoms with Crippen LogP contribution in [0.5, 0.6) is 0 Å². The molecule has 2 heterocycles. The highest BCUT2D eigenvalue weighted by molar-refractivity contribution is 4.90. The number of rotatable bonds is 5. The Hall–Kier alpha value is -0.120. The molecule has 1 N–H and O–H groups in total. The lowest BCUT2D eigenvalue weighted by molar-refractivity contribution is -0.0274. The number of nitrogens with one attached hydrogen (secondary N) is 1. The number of likely N-dealkylation sites (tertiary alicyclic amines) is 1. The zero-order valence-corrected chi connectivity index (χ0v) is 11.5. The number of nitrogens with zero attached hydrogens (tertiary/aromatic N) is 1. The Morgan fingerprint density at radius 2 is 2.29 bits per heavy atom. The van der Waals surface area contributed by atoms with E-state index >= 15 is 0 Å². The highest BCUT2D eigenvalue weighted by Gasteiger charge is 2.36. The summed E-state index contributed by atoms with van der Waals surface area (Å²) in [5.74, 6) is 0. The maximum Gasteiger partial charge on any atom is 0.0546 e. The van der Waals surface area contributed by atoms with Gasteiger partial charge in [-0.1, -0.05) is 6.92 Å². The Bertz CT molecular complexity index is 221. The van der Waals surface area contributed by atoms with E-state index in [0.717, 1.165) is 25.8 Å². The molecule has 2 aliphatic rings. The Morgan fingerprint density at radius 3 is 2.94 bits per heavy atom. The fourth-order valence-electron chi connectivity index (χ4n) is 3.60. The van der Waals surface area contributed by atoms with Gasteiger partial charge in [-0.05, 0) is 45.7 Å². The summed E-state index contributed by atoms with van der Waals surface area (Å²) in [5.41, 5.74) is 0.366. The van der Waals surface area contributed by atoms with Crippen molar-refractivity contribution in [3.63, 3.8) is 0 Å². The van der Waals surface area contributed by atoms with Gasteiger partial charge < -0.3 is 10.1 Å². The highest BCUT2D eigenvalue weighted by Crippen LogP contribution is 2.32. The van der Waals surface area contributed by atoms with Gasteiger partial charge in [-0.3, -0.25) is 4.90 Å². The van der Waals surface area contributed by atoms with E-state index in [2.05, 4.69) is 24.2 Å². The maximum absolute atomic E-state index is 5.75. The lowest BCUT2D eigenvalue weighted by atomic mass is 9.81. The van der Waals surface area contributed by atoms with Crippen LogP contribution < -0.4 is 5.32 Å². The zero-order valence-electron chi connectivity index (χ0n) is 11.5. The molecule has 0 aromatic rings. The van der Waals surface area contributed by atoms with Gasteiger partial charge >= 0.3 is 0 Å². The summed E-state index contributed by atoms with van der Waals surface area (Å²) < 4.78 is 5.75. The van der Waals surface area contributed by atoms with Crippen LogP contribution in [0.2, 0.25) is 0 Å². The molecular formula is C14H28N2O. The van der Waals surface area contributed by atoms with Crippen LogP contribution in [0.25, 0.3) is 0 Å². The second kappa shape index (κ2) is 6.17. The molecule has 2 fully saturated rings. The van der Waals surface area contributed by atoms with Gasteiger partial charge in [0.1, 0.15) is 0 Å². The Balaban J connectivity index is 1.96. The molecule has 2 unspecified atom stereocenters. The summed E-state index contributed by atoms with van der Waals surface area (Å²) in [4.78, 5) is 2.71. The molecule has 2 saturated heterocycles. The molecule has 17 heavy (non-hydrogen) atoms. The topological polar surface area (TPSA) is 24.5 Å². The van der Waals surface area contributed by atoms with Crippen molar-refractivity contribution in [1.29, 1.82) is 0 Å². The lowest BCUT2D eigenvalue weighted by Crippen LogP contribution is -2.49. The van der Waals surface area contributed by atoms with Crippen LogP contribution in [0.4, 0.5) is 0 Å². The van der Waals surface area contributed by atoms with E-state index in [1.54, 1.807) is 0 Å². The summed E-state index contributed by atoms with van der Waals surface area (Å²) >= 11 is 0. The first-order chi connectivity index (χ1) is 8.29. The summed E-state index contributed by atoms with van der Waals surface area (Å²) in [7, 11) is 2.07. The first-order valence-corrected chi connectivity index (χ1v) is 7.26. The molecule has 2 aliphatic heterocycles. The van der Waals surface area contributed by atoms with Crippen molar-refractivity contribution in [2.24, 2.45) is 5.41 Å². The van der Waals surface area contributed by atoms with Crippen LogP contribution in [0.3, 0.4) is 0 Å². The molecule has 2 rings (SSSR count). The molecule has 0 aliphatic carbocycles. The van der Waals surface area contributed by atoms with Crippen molar-refractivity contribution in [2.45, 2.75) is 45.1 Å². The third kappa shape index (κ3) is 3.21. The smallest absolute Gasteiger partial charge is 0.0546 e. The van der Waals surface area contributed by atoms with Gasteiger partial charge in [0.15, 0.2) is 0 Å². The van der Waals surface area contributed by atoms with Gasteiger partial charge in [-0.25, -0.2) is 0 Å². The van der Waals surface area contributed by atoms with Crippen LogP contribution in [0, 0.1) is 5.41 Å². The summed E-state index contributed by atoms with van der Waals surface area (Å²) in [5, 5.41) is 3.38. The second-order valence-electron chi connectivity index (χ2n) is 5.86. The molecule has 0 saturated carbocycles. The maximum atomic E-state index is 5.75. The largest absolute Gasteiger partial charge is 0.381 e. The normalized spacial score (nSPS) is 35.3. The first kappa shape index (κ1) is 13.3. The van der Waals surface area contributed by atoms with Crippen LogP contribution in [-0.2, 0) is 4.74 Å². The van der Waals surface area contributed by atoms with Crippen molar-refractivity contribution in [1.82, 2.24) is 10.2 Å². The molecule has 100 valence electrons. The molecule has 0 radical (unpaired) electrons. The predicted molar refractivity (Wildman–Crippen MR) is 71.3 cm³/mol. The number of ether oxygens (including phenoxy) is 1. The van der Waals surface area contributed by atoms with Gasteiger partial charge in [0.05, 0.1) is 6.61 Å². The summed E-state index contributed by atoms with van der Waals surface area (Å²) in [6.45, 7) is 7.85. The minimum atomic E-state index is 0.366. The predicted octanol–water partition coefficient (Wildman–Crippen LogP) is 1.88. The lowest BCUT2D eigenvalue weighted by Gasteiger charge is -2.41. The third-order valence-corrected chi connectivity index (χ3v) is 4.46. The molecule has 3 nitrogen and oxygen atoms in total. The molecular weight excluding hydrogens is 212 g/mol. The molecule has 0 amide bonds. The minimum Gasteiger partial charge on any atom is -0.381 e. The van der Waals surface area contributed by atoms with Gasteiger partial charge in [0.25, 0.3) is 0 Å². The van der Waals surface area contributed by atoms with E-state index in [1.807, 2.05) is 0 Å². The van der Waals surface area contributed by atoms with E-state index < -0.39 is 0 Å². The van der Waals surface area contributed by atoms with Gasteiger partial charge in [0.2, 0.25) is 0 Å². The van der Waals surface area contributed by atoms with Crippen LogP contribution in [0.1, 0.15) is 39.0 Å². The van der Waals surface area contributed by atoms with E-state index in [1.165, 1.54) is 45.2 Å². The average molecular weight is 240 g/mol. The van der Waals surface area contributed by atoms with Gasteiger partial charge in [-0.15, -0.1) is 0 Å². The zero-order chi connectivity index (χ0) is 12.1. The van der Waals surface area contributed by atoms with Crippen molar-refractivity contribution < 1.29 is 4.74 Å². The Morgan fingerprint density at radius 1 is 1.41 bits per heavy atom. The quantitative estimate of drug-likeness (QED) is 0.794. The fraction of sp³-hybridized carbons (Fsp3) is 1.00. The molecule has 0 bridgehead atoms. The van der Waals surface area contributed by atoms with Crippen LogP contribution in [0.15, 0.2) is 0 Å². The van der Waals surface area contributed by atoms with Gasteiger partial charge in [-0.2, -0.15) is 0 Å². The van der Waals surface area contributed by atoms with Crippen molar-refractivity contribution in [3.8, 4) is 0 Å². The monoisotopic (exact) mass is 240 g/mol. The van der Waals surface area contributed by atoms with Crippen molar-refractivity contribution in [3.05, 3.63) is 0 Å². The Kier molecular flexibility index (Phi) is 4.83. The number of hydrogen-bond acceptors (Lipinski definition) is 3. The molecule has 0 aromatic heterocycles. The SMILES string of the molecule is CCC1CCCN1CC1(CNC)CCCOC1. The van der Waals surface area contributed by atoms with Crippen molar-refractivity contribution in [2.75, 3.05) is 39.9 Å². The first-order valence-electron chi connectivity index (χ1n) is 7.26. The van der Waals surface area contributed by atoms with E-state index in [9.17, 15) is 0 Å². The van der Waals surface area contributed by atoms with Crippen LogP contribution in [-0.4, -0.2) is 50.8 Å². The standard InChI is InChI=1S/C14H28N2O/c1-3-13-6-4-8-16(13)11-14(10-15-2)7-5-9-17-12-14/h13,15H,3-12H2,1-2H3. The Labute approximate surface area is 106 Å². The van der Waals surface area contributed by atoms with E-state index in [-0.39, 0.29) is 0 Å². The number of hydrogen-bond donors (Lipinski definition) is 1. The van der Waals surface area contributed by atoms with Crippen molar-refractivity contribution >= 4 is 0 Å². The summed E-state index contributed by atoms with van der Waals surface area (Å²) in [6, 6.07) is 0.825. The third-order valence-electron chi connectivity index (χ3n) is 4.46. The average Bonchev–Trinajstić information content (AvgIpc) is 2.77. The minimum absolute atomic E-state index is 0.366. The highest BCUT2D eigenvalue weighted by atomic mass is 16.5. The molecule has 0 aromatic carbocycles. The molecule has 0 spiro atoms. The molecule has 3 heteroatoms. The summed E-state index contributed by atoms with van der Waals surface area (Å²) in [6.07, 6.45) is 6.63. The van der Waals surface area contributed by atoms with Gasteiger partial charge in [0, 0.05) is 31.2 Å². The fourth-order valence-corrected chi connectivity index (χ4v) is 3.60.